The molecule has 1 aliphatic heterocycles. The molecule has 3 aromatic rings. The molecule has 0 bridgehead atoms. The van der Waals surface area contributed by atoms with Gasteiger partial charge in [0.2, 0.25) is 27.5 Å². The molecule has 0 aliphatic carbocycles. The van der Waals surface area contributed by atoms with Crippen molar-refractivity contribution in [1.82, 2.24) is 9.29 Å². The van der Waals surface area contributed by atoms with Crippen molar-refractivity contribution >= 4 is 15.9 Å². The minimum absolute atomic E-state index is 0.175. The summed E-state index contributed by atoms with van der Waals surface area (Å²) in [7, 11) is -3.51. The van der Waals surface area contributed by atoms with Crippen molar-refractivity contribution in [2.75, 3.05) is 25.0 Å². The number of hydrogen-bond donors (Lipinski definition) is 1. The van der Waals surface area contributed by atoms with Gasteiger partial charge in [-0.2, -0.15) is 14.6 Å². The molecule has 0 spiro atoms. The van der Waals surface area contributed by atoms with Crippen LogP contribution in [0.5, 0.6) is 0 Å². The molecule has 1 saturated heterocycles. The number of nitriles is 1. The van der Waals surface area contributed by atoms with Crippen LogP contribution in [0, 0.1) is 11.3 Å². The second-order valence-corrected chi connectivity index (χ2v) is 9.75. The zero-order valence-electron chi connectivity index (χ0n) is 17.8. The maximum atomic E-state index is 13.0. The maximum Gasteiger partial charge on any atom is 0.243 e. The molecule has 0 radical (unpaired) electrons. The summed E-state index contributed by atoms with van der Waals surface area (Å²) < 4.78 is 33.3. The Morgan fingerprint density at radius 3 is 2.34 bits per heavy atom. The molecule has 0 saturated carbocycles. The van der Waals surface area contributed by atoms with Crippen molar-refractivity contribution in [2.45, 2.75) is 37.0 Å². The third kappa shape index (κ3) is 5.01. The second-order valence-electron chi connectivity index (χ2n) is 7.81. The summed E-state index contributed by atoms with van der Waals surface area (Å²) in [5, 5.41) is 12.5. The molecular weight excluding hydrogens is 424 g/mol. The van der Waals surface area contributed by atoms with Crippen LogP contribution >= 0.6 is 0 Å². The van der Waals surface area contributed by atoms with Crippen molar-refractivity contribution < 1.29 is 12.8 Å². The first kappa shape index (κ1) is 22.1. The molecule has 1 aromatic heterocycles. The number of oxazole rings is 1. The van der Waals surface area contributed by atoms with Crippen LogP contribution in [0.15, 0.2) is 63.9 Å². The average molecular weight is 451 g/mol. The van der Waals surface area contributed by atoms with Crippen molar-refractivity contribution in [3.05, 3.63) is 65.9 Å². The number of benzene rings is 2. The van der Waals surface area contributed by atoms with E-state index in [0.29, 0.717) is 31.1 Å². The lowest BCUT2D eigenvalue weighted by Crippen LogP contribution is -2.31. The Kier molecular flexibility index (Phi) is 6.88. The highest BCUT2D eigenvalue weighted by Gasteiger charge is 2.25. The number of nitrogens with zero attached hydrogens (tertiary/aromatic N) is 3. The standard InChI is InChI=1S/C24H26N4O3S/c25-18-22-24(26-15-14-19-8-4-3-5-9-19)31-23(27-22)20-10-12-21(13-11-20)32(29,30)28-16-6-1-2-7-17-28/h3-5,8-13,26H,1-2,6-7,14-17H2. The summed E-state index contributed by atoms with van der Waals surface area (Å²) in [6.07, 6.45) is 4.70. The largest absolute Gasteiger partial charge is 0.419 e. The van der Waals surface area contributed by atoms with Gasteiger partial charge in [0, 0.05) is 25.2 Å². The van der Waals surface area contributed by atoms with E-state index in [2.05, 4.69) is 10.3 Å². The molecule has 7 nitrogen and oxygen atoms in total. The normalized spacial score (nSPS) is 15.1. The van der Waals surface area contributed by atoms with Gasteiger partial charge in [0.1, 0.15) is 6.07 Å². The van der Waals surface area contributed by atoms with Gasteiger partial charge in [0.15, 0.2) is 0 Å². The van der Waals surface area contributed by atoms with Crippen molar-refractivity contribution in [1.29, 1.82) is 5.26 Å². The van der Waals surface area contributed by atoms with Crippen LogP contribution in [0.2, 0.25) is 0 Å². The fourth-order valence-electron chi connectivity index (χ4n) is 3.80. The molecule has 0 unspecified atom stereocenters. The highest BCUT2D eigenvalue weighted by Crippen LogP contribution is 2.27. The number of nitrogens with one attached hydrogen (secondary N) is 1. The summed E-state index contributed by atoms with van der Waals surface area (Å²) in [4.78, 5) is 4.53. The van der Waals surface area contributed by atoms with E-state index in [1.807, 2.05) is 36.4 Å². The third-order valence-electron chi connectivity index (χ3n) is 5.58. The summed E-state index contributed by atoms with van der Waals surface area (Å²) in [6, 6.07) is 18.6. The third-order valence-corrected chi connectivity index (χ3v) is 7.49. The van der Waals surface area contributed by atoms with Gasteiger partial charge in [-0.15, -0.1) is 0 Å². The van der Waals surface area contributed by atoms with Gasteiger partial charge < -0.3 is 9.73 Å². The lowest BCUT2D eigenvalue weighted by molar-refractivity contribution is 0.423. The number of rotatable bonds is 7. The molecule has 1 fully saturated rings. The van der Waals surface area contributed by atoms with E-state index >= 15 is 0 Å². The smallest absolute Gasteiger partial charge is 0.243 e. The maximum absolute atomic E-state index is 13.0. The average Bonchev–Trinajstić information content (AvgIpc) is 3.03. The van der Waals surface area contributed by atoms with Crippen LogP contribution in [-0.2, 0) is 16.4 Å². The molecule has 0 amide bonds. The predicted octanol–water partition coefficient (Wildman–Crippen LogP) is 4.43. The molecule has 32 heavy (non-hydrogen) atoms. The minimum Gasteiger partial charge on any atom is -0.419 e. The molecule has 166 valence electrons. The van der Waals surface area contributed by atoms with E-state index in [9.17, 15) is 13.7 Å². The lowest BCUT2D eigenvalue weighted by atomic mass is 10.1. The van der Waals surface area contributed by atoms with Crippen molar-refractivity contribution in [3.63, 3.8) is 0 Å². The van der Waals surface area contributed by atoms with Crippen LogP contribution in [0.3, 0.4) is 0 Å². The molecule has 1 aliphatic rings. The van der Waals surface area contributed by atoms with Crippen LogP contribution in [0.1, 0.15) is 36.9 Å². The molecule has 1 N–H and O–H groups in total. The lowest BCUT2D eigenvalue weighted by Gasteiger charge is -2.19. The molecule has 8 heteroatoms. The highest BCUT2D eigenvalue weighted by atomic mass is 32.2. The number of sulfonamides is 1. The number of aromatic nitrogens is 1. The van der Waals surface area contributed by atoms with E-state index in [1.54, 1.807) is 28.6 Å². The van der Waals surface area contributed by atoms with Gasteiger partial charge in [0.25, 0.3) is 0 Å². The predicted molar refractivity (Wildman–Crippen MR) is 123 cm³/mol. The Labute approximate surface area is 188 Å². The van der Waals surface area contributed by atoms with Gasteiger partial charge >= 0.3 is 0 Å². The first-order valence-electron chi connectivity index (χ1n) is 10.9. The van der Waals surface area contributed by atoms with E-state index in [-0.39, 0.29) is 16.5 Å². The quantitative estimate of drug-likeness (QED) is 0.572. The zero-order chi connectivity index (χ0) is 22.4. The molecule has 4 rings (SSSR count). The van der Waals surface area contributed by atoms with Crippen LogP contribution in [-0.4, -0.2) is 37.3 Å². The Balaban J connectivity index is 1.47. The molecule has 2 aromatic carbocycles. The number of hydrogen-bond acceptors (Lipinski definition) is 6. The summed E-state index contributed by atoms with van der Waals surface area (Å²) >= 11 is 0. The fraction of sp³-hybridized carbons (Fsp3) is 0.333. The topological polar surface area (TPSA) is 99.2 Å². The first-order chi connectivity index (χ1) is 15.6. The van der Waals surface area contributed by atoms with Crippen LogP contribution in [0.4, 0.5) is 5.88 Å². The summed E-state index contributed by atoms with van der Waals surface area (Å²) in [5.41, 5.74) is 1.97. The fourth-order valence-corrected chi connectivity index (χ4v) is 5.32. The van der Waals surface area contributed by atoms with Crippen LogP contribution < -0.4 is 5.32 Å². The molecular formula is C24H26N4O3S. The van der Waals surface area contributed by atoms with Gasteiger partial charge in [-0.3, -0.25) is 0 Å². The Morgan fingerprint density at radius 2 is 1.69 bits per heavy atom. The molecule has 2 heterocycles. The summed E-state index contributed by atoms with van der Waals surface area (Å²) in [5.74, 6) is 0.599. The zero-order valence-corrected chi connectivity index (χ0v) is 18.6. The van der Waals surface area contributed by atoms with Gasteiger partial charge in [-0.25, -0.2) is 8.42 Å². The Morgan fingerprint density at radius 1 is 1.00 bits per heavy atom. The van der Waals surface area contributed by atoms with E-state index in [4.69, 9.17) is 4.42 Å². The van der Waals surface area contributed by atoms with E-state index in [0.717, 1.165) is 32.1 Å². The second kappa shape index (κ2) is 9.98. The van der Waals surface area contributed by atoms with E-state index in [1.165, 1.54) is 5.56 Å². The van der Waals surface area contributed by atoms with Gasteiger partial charge in [-0.05, 0) is 49.1 Å². The summed E-state index contributed by atoms with van der Waals surface area (Å²) in [6.45, 7) is 1.72. The van der Waals surface area contributed by atoms with E-state index < -0.39 is 10.0 Å². The molecule has 0 atom stereocenters. The minimum atomic E-state index is -3.51. The Hall–Kier alpha value is -3.15. The first-order valence-corrected chi connectivity index (χ1v) is 12.3. The monoisotopic (exact) mass is 450 g/mol. The van der Waals surface area contributed by atoms with Crippen molar-refractivity contribution in [2.24, 2.45) is 0 Å². The number of anilines is 1. The van der Waals surface area contributed by atoms with Crippen LogP contribution in [0.25, 0.3) is 11.5 Å². The SMILES string of the molecule is N#Cc1nc(-c2ccc(S(=O)(=O)N3CCCCCC3)cc2)oc1NCCc1ccccc1. The van der Waals surface area contributed by atoms with Gasteiger partial charge in [-0.1, -0.05) is 43.2 Å². The highest BCUT2D eigenvalue weighted by molar-refractivity contribution is 7.89. The van der Waals surface area contributed by atoms with Crippen molar-refractivity contribution in [3.8, 4) is 17.5 Å². The Bertz CT molecular complexity index is 1170. The van der Waals surface area contributed by atoms with Gasteiger partial charge in [0.05, 0.1) is 4.90 Å².